The topological polar surface area (TPSA) is 104 Å². The molecule has 0 radical (unpaired) electrons. The van der Waals surface area contributed by atoms with Crippen LogP contribution in [-0.2, 0) is 16.0 Å². The predicted octanol–water partition coefficient (Wildman–Crippen LogP) is 4.04. The highest BCUT2D eigenvalue weighted by Crippen LogP contribution is 2.45. The number of imide groups is 1. The van der Waals surface area contributed by atoms with E-state index < -0.39 is 18.1 Å². The molecule has 6 rings (SSSR count). The molecule has 4 amide bonds. The van der Waals surface area contributed by atoms with Crippen LogP contribution in [0.1, 0.15) is 33.2 Å². The number of carbonyl (C=O) groups excluding carboxylic acids is 3. The van der Waals surface area contributed by atoms with Gasteiger partial charge in [-0.1, -0.05) is 30.3 Å². The number of hydrogen-bond acceptors (Lipinski definition) is 5. The molecular weight excluding hydrogens is 496 g/mol. The van der Waals surface area contributed by atoms with Crippen LogP contribution in [0.2, 0.25) is 0 Å². The van der Waals surface area contributed by atoms with Crippen molar-refractivity contribution in [3.63, 3.8) is 0 Å². The third-order valence-electron chi connectivity index (χ3n) is 7.44. The summed E-state index contributed by atoms with van der Waals surface area (Å²) < 4.78 is 10.4. The molecule has 9 nitrogen and oxygen atoms in total. The molecule has 1 saturated heterocycles. The summed E-state index contributed by atoms with van der Waals surface area (Å²) in [6.45, 7) is 0.793. The second-order valence-corrected chi connectivity index (χ2v) is 9.62. The van der Waals surface area contributed by atoms with Crippen molar-refractivity contribution < 1.29 is 23.9 Å². The van der Waals surface area contributed by atoms with E-state index in [1.54, 1.807) is 43.4 Å². The largest absolute Gasteiger partial charge is 0.497 e. The number of para-hydroxylation sites is 1. The number of benzene rings is 3. The monoisotopic (exact) mass is 524 g/mol. The Morgan fingerprint density at radius 1 is 1.03 bits per heavy atom. The number of urea groups is 1. The molecule has 2 N–H and O–H groups in total. The number of methoxy groups -OCH3 is 2. The third kappa shape index (κ3) is 4.11. The number of nitrogens with one attached hydrogen (secondary N) is 2. The summed E-state index contributed by atoms with van der Waals surface area (Å²) >= 11 is 0. The van der Waals surface area contributed by atoms with Gasteiger partial charge in [-0.3, -0.25) is 14.5 Å². The number of amides is 4. The van der Waals surface area contributed by atoms with Crippen molar-refractivity contribution in [2.45, 2.75) is 18.5 Å². The smallest absolute Gasteiger partial charge is 0.332 e. The molecule has 1 fully saturated rings. The molecule has 1 aromatic heterocycles. The molecule has 9 heteroatoms. The van der Waals surface area contributed by atoms with Crippen molar-refractivity contribution in [1.82, 2.24) is 15.2 Å². The number of rotatable bonds is 7. The number of nitrogens with zero attached hydrogens (tertiary/aromatic N) is 2. The second kappa shape index (κ2) is 9.92. The van der Waals surface area contributed by atoms with Gasteiger partial charge in [-0.05, 0) is 53.6 Å². The van der Waals surface area contributed by atoms with Gasteiger partial charge in [0.1, 0.15) is 17.8 Å². The average molecular weight is 525 g/mol. The van der Waals surface area contributed by atoms with Gasteiger partial charge in [-0.25, -0.2) is 9.69 Å². The van der Waals surface area contributed by atoms with Crippen LogP contribution in [-0.4, -0.2) is 61.1 Å². The number of hydrogen-bond donors (Lipinski definition) is 2. The molecule has 2 atom stereocenters. The SMILES string of the molecule is COCCNC(=O)c1ccc(N2C(=O)[C@@H]3Cc4c([nH]c5ccccc45)C(c4cccc(OC)c4)N3C2=O)cc1. The van der Waals surface area contributed by atoms with Gasteiger partial charge in [0.25, 0.3) is 11.8 Å². The molecule has 3 aromatic carbocycles. The summed E-state index contributed by atoms with van der Waals surface area (Å²) in [5, 5.41) is 3.81. The lowest BCUT2D eigenvalue weighted by Crippen LogP contribution is -2.44. The van der Waals surface area contributed by atoms with E-state index in [0.717, 1.165) is 27.7 Å². The lowest BCUT2D eigenvalue weighted by molar-refractivity contribution is -0.120. The van der Waals surface area contributed by atoms with Gasteiger partial charge in [-0.15, -0.1) is 0 Å². The first-order valence-corrected chi connectivity index (χ1v) is 12.8. The lowest BCUT2D eigenvalue weighted by Gasteiger charge is -2.36. The number of fused-ring (bicyclic) bond motifs is 4. The highest BCUT2D eigenvalue weighted by atomic mass is 16.5. The van der Waals surface area contributed by atoms with E-state index >= 15 is 0 Å². The van der Waals surface area contributed by atoms with Gasteiger partial charge in [-0.2, -0.15) is 0 Å². The van der Waals surface area contributed by atoms with E-state index in [1.165, 1.54) is 4.90 Å². The Morgan fingerprint density at radius 3 is 2.59 bits per heavy atom. The third-order valence-corrected chi connectivity index (χ3v) is 7.44. The van der Waals surface area contributed by atoms with E-state index in [9.17, 15) is 14.4 Å². The molecule has 0 saturated carbocycles. The summed E-state index contributed by atoms with van der Waals surface area (Å²) in [5.41, 5.74) is 4.59. The van der Waals surface area contributed by atoms with Crippen LogP contribution in [0.3, 0.4) is 0 Å². The van der Waals surface area contributed by atoms with Crippen molar-refractivity contribution in [3.8, 4) is 5.75 Å². The molecule has 3 heterocycles. The molecule has 198 valence electrons. The van der Waals surface area contributed by atoms with Gasteiger partial charge < -0.3 is 19.8 Å². The number of carbonyl (C=O) groups is 3. The minimum Gasteiger partial charge on any atom is -0.497 e. The van der Waals surface area contributed by atoms with Crippen LogP contribution in [0.15, 0.2) is 72.8 Å². The Labute approximate surface area is 225 Å². The molecule has 0 aliphatic carbocycles. The maximum Gasteiger partial charge on any atom is 0.332 e. The first kappa shape index (κ1) is 24.7. The van der Waals surface area contributed by atoms with Crippen molar-refractivity contribution in [2.75, 3.05) is 32.3 Å². The number of H-pyrrole nitrogens is 1. The van der Waals surface area contributed by atoms with Gasteiger partial charge in [0.15, 0.2) is 0 Å². The minimum absolute atomic E-state index is 0.251. The molecule has 2 aliphatic heterocycles. The number of anilines is 1. The standard InChI is InChI=1S/C30H28N4O5/c1-38-15-14-31-28(35)18-10-12-20(13-11-18)33-29(36)25-17-23-22-8-3-4-9-24(22)32-26(23)27(34(25)30(33)37)19-6-5-7-21(16-19)39-2/h3-13,16,25,27,32H,14-15,17H2,1-2H3,(H,31,35)/t25-,27?/m0/s1. The quantitative estimate of drug-likeness (QED) is 0.281. The van der Waals surface area contributed by atoms with E-state index in [1.807, 2.05) is 48.5 Å². The van der Waals surface area contributed by atoms with E-state index in [-0.39, 0.29) is 11.8 Å². The fourth-order valence-electron chi connectivity index (χ4n) is 5.60. The van der Waals surface area contributed by atoms with Gasteiger partial charge in [0.2, 0.25) is 0 Å². The normalized spacial score (nSPS) is 18.3. The molecule has 0 bridgehead atoms. The van der Waals surface area contributed by atoms with Crippen molar-refractivity contribution in [1.29, 1.82) is 0 Å². The second-order valence-electron chi connectivity index (χ2n) is 9.62. The molecule has 1 unspecified atom stereocenters. The highest BCUT2D eigenvalue weighted by molar-refractivity contribution is 6.22. The number of ether oxygens (including phenoxy) is 2. The Kier molecular flexibility index (Phi) is 6.28. The van der Waals surface area contributed by atoms with E-state index in [4.69, 9.17) is 9.47 Å². The highest BCUT2D eigenvalue weighted by Gasteiger charge is 2.53. The maximum absolute atomic E-state index is 14.0. The Bertz CT molecular complexity index is 1580. The minimum atomic E-state index is -0.669. The lowest BCUT2D eigenvalue weighted by atomic mass is 9.89. The summed E-state index contributed by atoms with van der Waals surface area (Å²) in [4.78, 5) is 46.7. The molecule has 39 heavy (non-hydrogen) atoms. The summed E-state index contributed by atoms with van der Waals surface area (Å²) in [7, 11) is 3.17. The van der Waals surface area contributed by atoms with Crippen LogP contribution in [0, 0.1) is 0 Å². The van der Waals surface area contributed by atoms with Gasteiger partial charge >= 0.3 is 6.03 Å². The first-order chi connectivity index (χ1) is 19.0. The van der Waals surface area contributed by atoms with E-state index in [2.05, 4.69) is 10.3 Å². The molecule has 4 aromatic rings. The van der Waals surface area contributed by atoms with Crippen LogP contribution < -0.4 is 15.0 Å². The zero-order chi connectivity index (χ0) is 27.1. The zero-order valence-electron chi connectivity index (χ0n) is 21.6. The fraction of sp³-hybridized carbons (Fsp3) is 0.233. The summed E-state index contributed by atoms with van der Waals surface area (Å²) in [5.74, 6) is 0.126. The van der Waals surface area contributed by atoms with Crippen molar-refractivity contribution in [2.24, 2.45) is 0 Å². The Morgan fingerprint density at radius 2 is 1.82 bits per heavy atom. The number of aromatic nitrogens is 1. The van der Waals surface area contributed by atoms with Crippen molar-refractivity contribution >= 4 is 34.4 Å². The Hall–Kier alpha value is -4.63. The summed E-state index contributed by atoms with van der Waals surface area (Å²) in [6, 6.07) is 20.5. The van der Waals surface area contributed by atoms with Gasteiger partial charge in [0.05, 0.1) is 19.4 Å². The molecule has 0 spiro atoms. The van der Waals surface area contributed by atoms with Crippen molar-refractivity contribution in [3.05, 3.63) is 95.2 Å². The van der Waals surface area contributed by atoms with Gasteiger partial charge in [0, 0.05) is 42.2 Å². The molecule has 2 aliphatic rings. The zero-order valence-corrected chi connectivity index (χ0v) is 21.6. The van der Waals surface area contributed by atoms with E-state index in [0.29, 0.717) is 36.6 Å². The molecular formula is C30H28N4O5. The fourth-order valence-corrected chi connectivity index (χ4v) is 5.60. The first-order valence-electron chi connectivity index (χ1n) is 12.8. The maximum atomic E-state index is 14.0. The van der Waals surface area contributed by atoms with Crippen LogP contribution in [0.4, 0.5) is 10.5 Å². The predicted molar refractivity (Wildman–Crippen MR) is 146 cm³/mol. The number of aromatic amines is 1. The van der Waals surface area contributed by atoms with Crippen LogP contribution >= 0.6 is 0 Å². The van der Waals surface area contributed by atoms with Crippen LogP contribution in [0.25, 0.3) is 10.9 Å². The van der Waals surface area contributed by atoms with Crippen LogP contribution in [0.5, 0.6) is 5.75 Å². The summed E-state index contributed by atoms with van der Waals surface area (Å²) in [6.07, 6.45) is 0.404. The average Bonchev–Trinajstić information content (AvgIpc) is 3.46. The Balaban J connectivity index is 1.39.